The zero-order valence-electron chi connectivity index (χ0n) is 13.9. The third-order valence-electron chi connectivity index (χ3n) is 4.27. The molecule has 1 aromatic carbocycles. The van der Waals surface area contributed by atoms with E-state index in [2.05, 4.69) is 47.3 Å². The van der Waals surface area contributed by atoms with Crippen molar-refractivity contribution in [2.24, 2.45) is 5.92 Å². The van der Waals surface area contributed by atoms with Crippen molar-refractivity contribution in [2.75, 3.05) is 13.2 Å². The van der Waals surface area contributed by atoms with E-state index in [4.69, 9.17) is 9.47 Å². The maximum absolute atomic E-state index is 5.56. The van der Waals surface area contributed by atoms with E-state index in [1.165, 1.54) is 12.8 Å². The highest BCUT2D eigenvalue weighted by Crippen LogP contribution is 2.28. The number of nitrogens with zero attached hydrogens (tertiary/aromatic N) is 3. The van der Waals surface area contributed by atoms with Crippen molar-refractivity contribution in [3.8, 4) is 23.1 Å². The molecule has 2 aromatic rings. The molecule has 0 spiro atoms. The van der Waals surface area contributed by atoms with E-state index in [-0.39, 0.29) is 6.29 Å². The molecule has 1 aromatic heterocycles. The van der Waals surface area contributed by atoms with Gasteiger partial charge in [-0.15, -0.1) is 5.10 Å². The summed E-state index contributed by atoms with van der Waals surface area (Å²) in [6.45, 7) is 4.14. The van der Waals surface area contributed by atoms with Crippen molar-refractivity contribution in [3.63, 3.8) is 0 Å². The molecule has 0 radical (unpaired) electrons. The molecule has 124 valence electrons. The van der Waals surface area contributed by atoms with Gasteiger partial charge in [0.05, 0.1) is 26.0 Å². The second-order valence-corrected chi connectivity index (χ2v) is 6.42. The number of benzene rings is 1. The first-order valence-corrected chi connectivity index (χ1v) is 8.54. The van der Waals surface area contributed by atoms with Gasteiger partial charge in [-0.2, -0.15) is 0 Å². The highest BCUT2D eigenvalue weighted by Gasteiger charge is 2.18. The predicted octanol–water partition coefficient (Wildman–Crippen LogP) is 2.78. The van der Waals surface area contributed by atoms with Crippen LogP contribution < -0.4 is 0 Å². The van der Waals surface area contributed by atoms with Crippen LogP contribution in [0.15, 0.2) is 24.4 Å². The van der Waals surface area contributed by atoms with Crippen molar-refractivity contribution in [1.29, 1.82) is 0 Å². The zero-order chi connectivity index (χ0) is 16.4. The molecule has 0 amide bonds. The Hall–Kier alpha value is -2.16. The van der Waals surface area contributed by atoms with Crippen molar-refractivity contribution in [3.05, 3.63) is 35.5 Å². The summed E-state index contributed by atoms with van der Waals surface area (Å²) in [4.78, 5) is 0. The first kappa shape index (κ1) is 15.4. The van der Waals surface area contributed by atoms with E-state index in [9.17, 15) is 0 Å². The van der Waals surface area contributed by atoms with Gasteiger partial charge in [-0.1, -0.05) is 23.1 Å². The summed E-state index contributed by atoms with van der Waals surface area (Å²) in [5.41, 5.74) is 4.18. The van der Waals surface area contributed by atoms with Gasteiger partial charge in [0.15, 0.2) is 6.29 Å². The van der Waals surface area contributed by atoms with Crippen LogP contribution in [0.1, 0.15) is 30.4 Å². The van der Waals surface area contributed by atoms with Crippen LogP contribution >= 0.6 is 0 Å². The molecule has 4 rings (SSSR count). The lowest BCUT2D eigenvalue weighted by Gasteiger charge is -2.22. The van der Waals surface area contributed by atoms with Gasteiger partial charge in [0, 0.05) is 17.0 Å². The minimum Gasteiger partial charge on any atom is -0.351 e. The SMILES string of the molecule is Cc1cc(C#CC2CC2)ccc1-c1cn(CC2OCCCO2)nn1. The second-order valence-electron chi connectivity index (χ2n) is 6.42. The standard InChI is InChI=1S/C19H21N3O2/c1-14-11-16(6-5-15-3-4-15)7-8-17(14)18-12-22(21-20-18)13-19-23-9-2-10-24-19/h7-8,11-12,15,19H,2-4,9-10,13H2,1H3. The Morgan fingerprint density at radius 2 is 2.08 bits per heavy atom. The summed E-state index contributed by atoms with van der Waals surface area (Å²) in [6, 6.07) is 6.26. The van der Waals surface area contributed by atoms with Crippen LogP contribution in [0.25, 0.3) is 11.3 Å². The fourth-order valence-electron chi connectivity index (χ4n) is 2.75. The number of aryl methyl sites for hydroxylation is 1. The Labute approximate surface area is 142 Å². The number of hydrogen-bond acceptors (Lipinski definition) is 4. The average Bonchev–Trinajstić information content (AvgIpc) is 3.32. The molecule has 5 nitrogen and oxygen atoms in total. The topological polar surface area (TPSA) is 49.2 Å². The highest BCUT2D eigenvalue weighted by molar-refractivity contribution is 5.64. The summed E-state index contributed by atoms with van der Waals surface area (Å²) in [7, 11) is 0. The second kappa shape index (κ2) is 6.76. The van der Waals surface area contributed by atoms with E-state index in [0.717, 1.165) is 42.0 Å². The van der Waals surface area contributed by atoms with Crippen molar-refractivity contribution < 1.29 is 9.47 Å². The van der Waals surface area contributed by atoms with Crippen LogP contribution in [0.2, 0.25) is 0 Å². The van der Waals surface area contributed by atoms with E-state index >= 15 is 0 Å². The molecular formula is C19H21N3O2. The maximum atomic E-state index is 5.56. The third-order valence-corrected chi connectivity index (χ3v) is 4.27. The Kier molecular flexibility index (Phi) is 4.33. The lowest BCUT2D eigenvalue weighted by Crippen LogP contribution is -2.29. The number of rotatable bonds is 3. The molecule has 0 unspecified atom stereocenters. The van der Waals surface area contributed by atoms with Gasteiger partial charge in [0.25, 0.3) is 0 Å². The molecule has 0 atom stereocenters. The van der Waals surface area contributed by atoms with Crippen LogP contribution in [0.3, 0.4) is 0 Å². The van der Waals surface area contributed by atoms with Crippen molar-refractivity contribution in [1.82, 2.24) is 15.0 Å². The molecule has 2 aliphatic rings. The van der Waals surface area contributed by atoms with Crippen molar-refractivity contribution in [2.45, 2.75) is 39.0 Å². The largest absolute Gasteiger partial charge is 0.351 e. The van der Waals surface area contributed by atoms with Gasteiger partial charge in [-0.3, -0.25) is 0 Å². The molecule has 1 saturated heterocycles. The van der Waals surface area contributed by atoms with Gasteiger partial charge in [0.1, 0.15) is 5.69 Å². The van der Waals surface area contributed by atoms with E-state index in [0.29, 0.717) is 12.5 Å². The Balaban J connectivity index is 1.48. The Morgan fingerprint density at radius 1 is 1.25 bits per heavy atom. The van der Waals surface area contributed by atoms with Gasteiger partial charge >= 0.3 is 0 Å². The van der Waals surface area contributed by atoms with Crippen LogP contribution in [0.4, 0.5) is 0 Å². The zero-order valence-corrected chi connectivity index (χ0v) is 13.9. The molecule has 0 N–H and O–H groups in total. The summed E-state index contributed by atoms with van der Waals surface area (Å²) in [5, 5.41) is 8.49. The van der Waals surface area contributed by atoms with Gasteiger partial charge in [-0.05, 0) is 43.9 Å². The molecule has 5 heteroatoms. The lowest BCUT2D eigenvalue weighted by atomic mass is 10.0. The first-order valence-electron chi connectivity index (χ1n) is 8.54. The minimum absolute atomic E-state index is 0.227. The first-order chi connectivity index (χ1) is 11.8. The normalized spacial score (nSPS) is 18.2. The van der Waals surface area contributed by atoms with Gasteiger partial charge < -0.3 is 9.47 Å². The van der Waals surface area contributed by atoms with Crippen molar-refractivity contribution >= 4 is 0 Å². The predicted molar refractivity (Wildman–Crippen MR) is 90.1 cm³/mol. The van der Waals surface area contributed by atoms with E-state index in [1.54, 1.807) is 4.68 Å². The fraction of sp³-hybridized carbons (Fsp3) is 0.474. The molecule has 0 bridgehead atoms. The van der Waals surface area contributed by atoms with Gasteiger partial charge in [0.2, 0.25) is 0 Å². The molecular weight excluding hydrogens is 302 g/mol. The quantitative estimate of drug-likeness (QED) is 0.815. The number of ether oxygens (including phenoxy) is 2. The number of aromatic nitrogens is 3. The monoisotopic (exact) mass is 323 g/mol. The maximum Gasteiger partial charge on any atom is 0.177 e. The Morgan fingerprint density at radius 3 is 2.83 bits per heavy atom. The number of hydrogen-bond donors (Lipinski definition) is 0. The van der Waals surface area contributed by atoms with E-state index in [1.807, 2.05) is 6.20 Å². The molecule has 1 saturated carbocycles. The molecule has 1 aliphatic carbocycles. The molecule has 24 heavy (non-hydrogen) atoms. The highest BCUT2D eigenvalue weighted by atomic mass is 16.7. The van der Waals surface area contributed by atoms with Crippen LogP contribution in [0.5, 0.6) is 0 Å². The molecule has 2 heterocycles. The van der Waals surface area contributed by atoms with Crippen LogP contribution in [-0.4, -0.2) is 34.5 Å². The summed E-state index contributed by atoms with van der Waals surface area (Å²) < 4.78 is 12.9. The third kappa shape index (κ3) is 3.66. The fourth-order valence-corrected chi connectivity index (χ4v) is 2.75. The van der Waals surface area contributed by atoms with E-state index < -0.39 is 0 Å². The lowest BCUT2D eigenvalue weighted by molar-refractivity contribution is -0.185. The summed E-state index contributed by atoms with van der Waals surface area (Å²) in [6.07, 6.45) is 5.17. The van der Waals surface area contributed by atoms with Gasteiger partial charge in [-0.25, -0.2) is 4.68 Å². The smallest absolute Gasteiger partial charge is 0.177 e. The molecule has 1 aliphatic heterocycles. The van der Waals surface area contributed by atoms with Crippen LogP contribution in [-0.2, 0) is 16.0 Å². The minimum atomic E-state index is -0.227. The molecule has 2 fully saturated rings. The Bertz CT molecular complexity index is 777. The average molecular weight is 323 g/mol. The summed E-state index contributed by atoms with van der Waals surface area (Å²) in [5.74, 6) is 7.18. The van der Waals surface area contributed by atoms with Crippen LogP contribution in [0, 0.1) is 24.7 Å². The summed E-state index contributed by atoms with van der Waals surface area (Å²) >= 11 is 0.